The molecule has 0 spiro atoms. The Bertz CT molecular complexity index is 896. The lowest BCUT2D eigenvalue weighted by atomic mass is 9.89. The van der Waals surface area contributed by atoms with Crippen molar-refractivity contribution in [3.63, 3.8) is 0 Å². The minimum Gasteiger partial charge on any atom is -0.343 e. The summed E-state index contributed by atoms with van der Waals surface area (Å²) in [5.74, 6) is -0.00562. The van der Waals surface area contributed by atoms with Gasteiger partial charge in [-0.2, -0.15) is 5.10 Å². The predicted molar refractivity (Wildman–Crippen MR) is 124 cm³/mol. The molecule has 0 bridgehead atoms. The second kappa shape index (κ2) is 9.79. The number of aromatic nitrogens is 2. The number of hydrogen-bond donors (Lipinski definition) is 1. The van der Waals surface area contributed by atoms with Crippen LogP contribution in [-0.4, -0.2) is 64.8 Å². The second-order valence-corrected chi connectivity index (χ2v) is 9.09. The minimum atomic E-state index is -0.00562. The van der Waals surface area contributed by atoms with Gasteiger partial charge in [0.1, 0.15) is 0 Å². The average molecular weight is 422 g/mol. The van der Waals surface area contributed by atoms with Crippen molar-refractivity contribution in [2.45, 2.75) is 57.3 Å². The summed E-state index contributed by atoms with van der Waals surface area (Å²) < 4.78 is 1.97. The molecule has 166 valence electrons. The van der Waals surface area contributed by atoms with Crippen molar-refractivity contribution in [2.24, 2.45) is 0 Å². The third-order valence-electron chi connectivity index (χ3n) is 6.57. The fraction of sp³-hybridized carbons (Fsp3) is 0.520. The maximum Gasteiger partial charge on any atom is 0.274 e. The van der Waals surface area contributed by atoms with Gasteiger partial charge >= 0.3 is 0 Å². The molecule has 4 rings (SSSR count). The van der Waals surface area contributed by atoms with Crippen LogP contribution in [0.4, 0.5) is 0 Å². The smallest absolute Gasteiger partial charge is 0.274 e. The molecule has 0 radical (unpaired) electrons. The Morgan fingerprint density at radius 2 is 1.94 bits per heavy atom. The number of hydrogen-bond acceptors (Lipinski definition) is 4. The number of rotatable bonds is 7. The highest BCUT2D eigenvalue weighted by Gasteiger charge is 2.31. The van der Waals surface area contributed by atoms with Crippen LogP contribution < -0.4 is 5.32 Å². The van der Waals surface area contributed by atoms with Gasteiger partial charge in [0, 0.05) is 44.0 Å². The van der Waals surface area contributed by atoms with Gasteiger partial charge in [-0.05, 0) is 50.8 Å². The molecule has 2 aliphatic rings. The molecule has 2 aromatic rings. The van der Waals surface area contributed by atoms with Crippen molar-refractivity contribution in [2.75, 3.05) is 27.2 Å². The van der Waals surface area contributed by atoms with Crippen LogP contribution in [0.1, 0.15) is 46.6 Å². The standard InChI is InChI=1S/C25H35N5O/c1-4-14-30-23-11-10-21(17-22(23)24(27-30)25(31)28(2)3)26-20-12-15-29(16-13-20)18-19-8-6-5-7-9-19/h4-9,20-21,26H,1,10-18H2,2-3H3/t21-/m1/s1. The summed E-state index contributed by atoms with van der Waals surface area (Å²) in [7, 11) is 3.59. The molecule has 1 saturated heterocycles. The first kappa shape index (κ1) is 21.8. The van der Waals surface area contributed by atoms with E-state index in [0.29, 0.717) is 24.3 Å². The lowest BCUT2D eigenvalue weighted by Crippen LogP contribution is -2.47. The van der Waals surface area contributed by atoms with Crippen molar-refractivity contribution in [1.82, 2.24) is 24.9 Å². The van der Waals surface area contributed by atoms with Crippen molar-refractivity contribution in [3.05, 3.63) is 65.5 Å². The van der Waals surface area contributed by atoms with Gasteiger partial charge in [-0.3, -0.25) is 14.4 Å². The largest absolute Gasteiger partial charge is 0.343 e. The number of carbonyl (C=O) groups excluding carboxylic acids is 1. The molecule has 0 unspecified atom stereocenters. The van der Waals surface area contributed by atoms with E-state index in [9.17, 15) is 4.79 Å². The normalized spacial score (nSPS) is 19.7. The van der Waals surface area contributed by atoms with Crippen LogP contribution in [0, 0.1) is 0 Å². The number of carbonyl (C=O) groups is 1. The summed E-state index contributed by atoms with van der Waals surface area (Å²) in [6.07, 6.45) is 7.14. The SMILES string of the molecule is C=CCn1nc(C(=O)N(C)C)c2c1CC[C@@H](NC1CCN(Cc3ccccc3)CC1)C2. The maximum atomic E-state index is 12.7. The summed E-state index contributed by atoms with van der Waals surface area (Å²) in [4.78, 5) is 16.9. The first-order chi connectivity index (χ1) is 15.0. The first-order valence-electron chi connectivity index (χ1n) is 11.5. The van der Waals surface area contributed by atoms with Gasteiger partial charge in [0.25, 0.3) is 5.91 Å². The minimum absolute atomic E-state index is 0.00562. The number of fused-ring (bicyclic) bond motifs is 1. The van der Waals surface area contributed by atoms with Crippen molar-refractivity contribution in [1.29, 1.82) is 0 Å². The van der Waals surface area contributed by atoms with Crippen LogP contribution in [0.25, 0.3) is 0 Å². The van der Waals surface area contributed by atoms with Crippen LogP contribution >= 0.6 is 0 Å². The Kier molecular flexibility index (Phi) is 6.88. The van der Waals surface area contributed by atoms with E-state index >= 15 is 0 Å². The van der Waals surface area contributed by atoms with Crippen LogP contribution in [0.5, 0.6) is 0 Å². The highest BCUT2D eigenvalue weighted by atomic mass is 16.2. The molecule has 0 saturated carbocycles. The predicted octanol–water partition coefficient (Wildman–Crippen LogP) is 2.88. The third-order valence-corrected chi connectivity index (χ3v) is 6.57. The van der Waals surface area contributed by atoms with Crippen LogP contribution in [-0.2, 0) is 25.9 Å². The maximum absolute atomic E-state index is 12.7. The van der Waals surface area contributed by atoms with Gasteiger partial charge in [-0.25, -0.2) is 0 Å². The Hall–Kier alpha value is -2.44. The summed E-state index contributed by atoms with van der Waals surface area (Å²) in [6.45, 7) is 7.80. The fourth-order valence-electron chi connectivity index (χ4n) is 4.92. The zero-order valence-electron chi connectivity index (χ0n) is 18.9. The van der Waals surface area contributed by atoms with Gasteiger partial charge in [-0.1, -0.05) is 36.4 Å². The average Bonchev–Trinajstić information content (AvgIpc) is 3.13. The van der Waals surface area contributed by atoms with Crippen molar-refractivity contribution < 1.29 is 4.79 Å². The summed E-state index contributed by atoms with van der Waals surface area (Å²) in [5, 5.41) is 8.56. The van der Waals surface area contributed by atoms with Gasteiger partial charge in [0.05, 0.1) is 6.54 Å². The molecule has 1 aromatic carbocycles. The van der Waals surface area contributed by atoms with E-state index in [1.54, 1.807) is 19.0 Å². The number of allylic oxidation sites excluding steroid dienone is 1. The molecule has 1 aromatic heterocycles. The van der Waals surface area contributed by atoms with Crippen molar-refractivity contribution >= 4 is 5.91 Å². The Labute approximate surface area is 185 Å². The molecule has 1 aliphatic heterocycles. The molecule has 31 heavy (non-hydrogen) atoms. The summed E-state index contributed by atoms with van der Waals surface area (Å²) >= 11 is 0. The first-order valence-corrected chi connectivity index (χ1v) is 11.5. The summed E-state index contributed by atoms with van der Waals surface area (Å²) in [5.41, 5.74) is 4.35. The quantitative estimate of drug-likeness (QED) is 0.699. The lowest BCUT2D eigenvalue weighted by molar-refractivity contribution is 0.0819. The van der Waals surface area contributed by atoms with E-state index < -0.39 is 0 Å². The van der Waals surface area contributed by atoms with E-state index in [1.165, 1.54) is 24.1 Å². The van der Waals surface area contributed by atoms with E-state index in [-0.39, 0.29) is 5.91 Å². The number of likely N-dealkylation sites (tertiary alicyclic amines) is 1. The van der Waals surface area contributed by atoms with Gasteiger partial charge < -0.3 is 10.2 Å². The number of nitrogens with zero attached hydrogens (tertiary/aromatic N) is 4. The van der Waals surface area contributed by atoms with Gasteiger partial charge in [-0.15, -0.1) is 6.58 Å². The Balaban J connectivity index is 1.36. The number of piperidine rings is 1. The molecule has 1 N–H and O–H groups in total. The zero-order valence-corrected chi connectivity index (χ0v) is 18.9. The van der Waals surface area contributed by atoms with Crippen LogP contribution in [0.15, 0.2) is 43.0 Å². The molecule has 1 fully saturated rings. The molecule has 1 aliphatic carbocycles. The van der Waals surface area contributed by atoms with Crippen LogP contribution in [0.2, 0.25) is 0 Å². The Morgan fingerprint density at radius 3 is 2.61 bits per heavy atom. The number of amides is 1. The third kappa shape index (κ3) is 5.08. The van der Waals surface area contributed by atoms with E-state index in [2.05, 4.69) is 52.2 Å². The second-order valence-electron chi connectivity index (χ2n) is 9.09. The highest BCUT2D eigenvalue weighted by molar-refractivity contribution is 5.93. The molecule has 6 heteroatoms. The zero-order chi connectivity index (χ0) is 21.8. The number of benzene rings is 1. The van der Waals surface area contributed by atoms with Gasteiger partial charge in [0.2, 0.25) is 0 Å². The van der Waals surface area contributed by atoms with Crippen LogP contribution in [0.3, 0.4) is 0 Å². The Morgan fingerprint density at radius 1 is 1.19 bits per heavy atom. The molecule has 6 nitrogen and oxygen atoms in total. The van der Waals surface area contributed by atoms with E-state index in [4.69, 9.17) is 0 Å². The molecular formula is C25H35N5O. The topological polar surface area (TPSA) is 53.4 Å². The van der Waals surface area contributed by atoms with Crippen molar-refractivity contribution in [3.8, 4) is 0 Å². The fourth-order valence-corrected chi connectivity index (χ4v) is 4.92. The molecule has 1 amide bonds. The highest BCUT2D eigenvalue weighted by Crippen LogP contribution is 2.27. The molecule has 1 atom stereocenters. The molecular weight excluding hydrogens is 386 g/mol. The monoisotopic (exact) mass is 421 g/mol. The van der Waals surface area contributed by atoms with E-state index in [1.807, 2.05) is 10.8 Å². The number of nitrogens with one attached hydrogen (secondary N) is 1. The lowest BCUT2D eigenvalue weighted by Gasteiger charge is -2.35. The van der Waals surface area contributed by atoms with E-state index in [0.717, 1.165) is 44.5 Å². The van der Waals surface area contributed by atoms with Gasteiger partial charge in [0.15, 0.2) is 5.69 Å². The summed E-state index contributed by atoms with van der Waals surface area (Å²) in [6, 6.07) is 11.7. The molecule has 2 heterocycles.